The highest BCUT2D eigenvalue weighted by atomic mass is 35.5. The Balaban J connectivity index is 0.00000324. The molecule has 0 aromatic carbocycles. The van der Waals surface area contributed by atoms with Crippen LogP contribution in [0.2, 0.25) is 0 Å². The molecule has 2 unspecified atom stereocenters. The average Bonchev–Trinajstić information content (AvgIpc) is 2.23. The van der Waals surface area contributed by atoms with Crippen molar-refractivity contribution in [3.8, 4) is 0 Å². The molecule has 0 radical (unpaired) electrons. The van der Waals surface area contributed by atoms with E-state index in [9.17, 15) is 13.2 Å². The van der Waals surface area contributed by atoms with Crippen molar-refractivity contribution in [2.24, 2.45) is 11.7 Å². The summed E-state index contributed by atoms with van der Waals surface area (Å²) in [5.74, 6) is -0.206. The molecule has 0 saturated heterocycles. The van der Waals surface area contributed by atoms with E-state index < -0.39 is 15.4 Å². The fraction of sp³-hybridized carbons (Fsp3) is 0.917. The Morgan fingerprint density at radius 2 is 2.00 bits per heavy atom. The minimum Gasteiger partial charge on any atom is -0.344 e. The van der Waals surface area contributed by atoms with Gasteiger partial charge in [0.05, 0.1) is 11.7 Å². The van der Waals surface area contributed by atoms with Gasteiger partial charge in [-0.3, -0.25) is 4.79 Å². The molecule has 1 amide bonds. The highest BCUT2D eigenvalue weighted by Crippen LogP contribution is 2.32. The first kappa shape index (κ1) is 18.7. The number of nitrogens with zero attached hydrogens (tertiary/aromatic N) is 1. The standard InChI is InChI=1S/C12H24N2O3S.ClH/c1-12(13)7-5-4-6-10(12)11(15)14(2)8-9-18(3,16)17;/h10H,4-9,13H2,1-3H3;1H. The second kappa shape index (κ2) is 6.90. The fourth-order valence-corrected chi connectivity index (χ4v) is 3.05. The van der Waals surface area contributed by atoms with Crippen molar-refractivity contribution in [1.82, 2.24) is 4.90 Å². The molecule has 1 saturated carbocycles. The Morgan fingerprint density at radius 1 is 1.42 bits per heavy atom. The van der Waals surface area contributed by atoms with Gasteiger partial charge in [0.1, 0.15) is 9.84 Å². The van der Waals surface area contributed by atoms with Crippen LogP contribution in [-0.4, -0.2) is 50.4 Å². The van der Waals surface area contributed by atoms with Crippen LogP contribution in [0, 0.1) is 5.92 Å². The normalized spacial score (nSPS) is 27.5. The van der Waals surface area contributed by atoms with E-state index in [-0.39, 0.29) is 36.5 Å². The van der Waals surface area contributed by atoms with E-state index >= 15 is 0 Å². The second-order valence-corrected chi connectivity index (χ2v) is 7.95. The van der Waals surface area contributed by atoms with Gasteiger partial charge in [0, 0.05) is 25.4 Å². The van der Waals surface area contributed by atoms with Crippen LogP contribution in [0.25, 0.3) is 0 Å². The number of nitrogens with two attached hydrogens (primary N) is 1. The van der Waals surface area contributed by atoms with Crippen molar-refractivity contribution >= 4 is 28.2 Å². The minimum atomic E-state index is -3.04. The predicted octanol–water partition coefficient (Wildman–Crippen LogP) is 0.819. The summed E-state index contributed by atoms with van der Waals surface area (Å²) in [4.78, 5) is 13.8. The van der Waals surface area contributed by atoms with Crippen molar-refractivity contribution in [3.05, 3.63) is 0 Å². The van der Waals surface area contributed by atoms with Gasteiger partial charge in [0.2, 0.25) is 5.91 Å². The number of amides is 1. The average molecular weight is 313 g/mol. The molecule has 1 aliphatic rings. The van der Waals surface area contributed by atoms with Crippen LogP contribution in [0.3, 0.4) is 0 Å². The van der Waals surface area contributed by atoms with Gasteiger partial charge in [0.15, 0.2) is 0 Å². The van der Waals surface area contributed by atoms with Gasteiger partial charge in [-0.25, -0.2) is 8.42 Å². The van der Waals surface area contributed by atoms with Gasteiger partial charge in [-0.15, -0.1) is 12.4 Å². The van der Waals surface area contributed by atoms with Crippen LogP contribution in [0.15, 0.2) is 0 Å². The lowest BCUT2D eigenvalue weighted by atomic mass is 9.74. The molecular formula is C12H25ClN2O3S. The molecule has 0 aliphatic heterocycles. The first-order valence-electron chi connectivity index (χ1n) is 6.35. The van der Waals surface area contributed by atoms with Crippen LogP contribution in [0.5, 0.6) is 0 Å². The molecule has 0 spiro atoms. The molecule has 19 heavy (non-hydrogen) atoms. The van der Waals surface area contributed by atoms with Gasteiger partial charge >= 0.3 is 0 Å². The number of halogens is 1. The number of rotatable bonds is 4. The minimum absolute atomic E-state index is 0. The molecule has 0 bridgehead atoms. The van der Waals surface area contributed by atoms with Gasteiger partial charge in [-0.2, -0.15) is 0 Å². The van der Waals surface area contributed by atoms with Gasteiger partial charge in [0.25, 0.3) is 0 Å². The summed E-state index contributed by atoms with van der Waals surface area (Å²) in [5, 5.41) is 0. The molecule has 1 fully saturated rings. The van der Waals surface area contributed by atoms with Crippen LogP contribution in [0.1, 0.15) is 32.6 Å². The van der Waals surface area contributed by atoms with Gasteiger partial charge in [-0.05, 0) is 19.8 Å². The highest BCUT2D eigenvalue weighted by Gasteiger charge is 2.39. The zero-order valence-corrected chi connectivity index (χ0v) is 13.5. The number of sulfone groups is 1. The predicted molar refractivity (Wildman–Crippen MR) is 79.1 cm³/mol. The van der Waals surface area contributed by atoms with Crippen molar-refractivity contribution in [2.45, 2.75) is 38.1 Å². The van der Waals surface area contributed by atoms with Crippen molar-refractivity contribution in [2.75, 3.05) is 25.6 Å². The zero-order valence-electron chi connectivity index (χ0n) is 11.9. The Labute approximate surface area is 122 Å². The summed E-state index contributed by atoms with van der Waals surface area (Å²) in [6.45, 7) is 2.16. The van der Waals surface area contributed by atoms with Crippen LogP contribution < -0.4 is 5.73 Å². The first-order chi connectivity index (χ1) is 8.13. The lowest BCUT2D eigenvalue weighted by Crippen LogP contribution is -2.53. The summed E-state index contributed by atoms with van der Waals surface area (Å²) in [6.07, 6.45) is 4.91. The number of hydrogen-bond acceptors (Lipinski definition) is 4. The molecule has 1 rings (SSSR count). The lowest BCUT2D eigenvalue weighted by molar-refractivity contribution is -0.137. The lowest BCUT2D eigenvalue weighted by Gasteiger charge is -2.39. The smallest absolute Gasteiger partial charge is 0.227 e. The van der Waals surface area contributed by atoms with E-state index in [1.165, 1.54) is 11.2 Å². The Bertz CT molecular complexity index is 409. The van der Waals surface area contributed by atoms with E-state index in [0.29, 0.717) is 0 Å². The number of hydrogen-bond donors (Lipinski definition) is 1. The fourth-order valence-electron chi connectivity index (χ4n) is 2.44. The molecule has 5 nitrogen and oxygen atoms in total. The molecule has 0 heterocycles. The monoisotopic (exact) mass is 312 g/mol. The third-order valence-corrected chi connectivity index (χ3v) is 4.65. The maximum Gasteiger partial charge on any atom is 0.227 e. The largest absolute Gasteiger partial charge is 0.344 e. The molecule has 114 valence electrons. The van der Waals surface area contributed by atoms with Gasteiger partial charge in [-0.1, -0.05) is 12.8 Å². The summed E-state index contributed by atoms with van der Waals surface area (Å²) in [5.41, 5.74) is 5.71. The van der Waals surface area contributed by atoms with E-state index in [4.69, 9.17) is 5.73 Å². The topological polar surface area (TPSA) is 80.5 Å². The molecule has 7 heteroatoms. The maximum absolute atomic E-state index is 12.3. The second-order valence-electron chi connectivity index (χ2n) is 5.69. The van der Waals surface area contributed by atoms with E-state index in [2.05, 4.69) is 0 Å². The van der Waals surface area contributed by atoms with Crippen LogP contribution in [-0.2, 0) is 14.6 Å². The molecule has 1 aliphatic carbocycles. The summed E-state index contributed by atoms with van der Waals surface area (Å²) < 4.78 is 22.2. The van der Waals surface area contributed by atoms with E-state index in [1.54, 1.807) is 7.05 Å². The van der Waals surface area contributed by atoms with Crippen molar-refractivity contribution in [3.63, 3.8) is 0 Å². The van der Waals surface area contributed by atoms with E-state index in [1.807, 2.05) is 6.92 Å². The maximum atomic E-state index is 12.3. The number of carbonyl (C=O) groups excluding carboxylic acids is 1. The zero-order chi connectivity index (χ0) is 14.0. The summed E-state index contributed by atoms with van der Waals surface area (Å²) >= 11 is 0. The Morgan fingerprint density at radius 3 is 2.47 bits per heavy atom. The molecule has 0 aromatic rings. The summed E-state index contributed by atoms with van der Waals surface area (Å²) in [6, 6.07) is 0. The SMILES string of the molecule is CN(CCS(C)(=O)=O)C(=O)C1CCCCC1(C)N.Cl. The van der Waals surface area contributed by atoms with Crippen LogP contribution >= 0.6 is 12.4 Å². The van der Waals surface area contributed by atoms with Crippen molar-refractivity contribution < 1.29 is 13.2 Å². The van der Waals surface area contributed by atoms with E-state index in [0.717, 1.165) is 25.7 Å². The molecule has 2 atom stereocenters. The quantitative estimate of drug-likeness (QED) is 0.833. The van der Waals surface area contributed by atoms with Crippen molar-refractivity contribution in [1.29, 1.82) is 0 Å². The Kier molecular flexibility index (Phi) is 6.78. The number of carbonyl (C=O) groups is 1. The Hall–Kier alpha value is -0.330. The van der Waals surface area contributed by atoms with Gasteiger partial charge < -0.3 is 10.6 Å². The third-order valence-electron chi connectivity index (χ3n) is 3.73. The molecule has 0 aromatic heterocycles. The van der Waals surface area contributed by atoms with Crippen LogP contribution in [0.4, 0.5) is 0 Å². The third kappa shape index (κ3) is 5.67. The molecule has 2 N–H and O–H groups in total. The summed E-state index contributed by atoms with van der Waals surface area (Å²) in [7, 11) is -1.39. The highest BCUT2D eigenvalue weighted by molar-refractivity contribution is 7.90. The molecular weight excluding hydrogens is 288 g/mol. The first-order valence-corrected chi connectivity index (χ1v) is 8.41.